The molecule has 0 spiro atoms. The number of rotatable bonds is 5. The molecule has 4 nitrogen and oxygen atoms in total. The summed E-state index contributed by atoms with van der Waals surface area (Å²) in [5, 5.41) is 3.04. The maximum atomic E-state index is 12.5. The van der Waals surface area contributed by atoms with Crippen molar-refractivity contribution in [2.24, 2.45) is 0 Å². The van der Waals surface area contributed by atoms with Gasteiger partial charge in [-0.05, 0) is 6.42 Å². The van der Waals surface area contributed by atoms with Gasteiger partial charge in [0.25, 0.3) is 0 Å². The Morgan fingerprint density at radius 2 is 2.14 bits per heavy atom. The number of hydrogen-bond acceptors (Lipinski definition) is 4. The Bertz CT molecular complexity index is 265. The predicted octanol–water partition coefficient (Wildman–Crippen LogP) is 1.45. The Kier molecular flexibility index (Phi) is 4.25. The summed E-state index contributed by atoms with van der Waals surface area (Å²) in [6, 6.07) is 0.158. The van der Waals surface area contributed by atoms with Gasteiger partial charge in [0.2, 0.25) is 5.95 Å². The van der Waals surface area contributed by atoms with E-state index in [0.29, 0.717) is 12.6 Å². The highest BCUT2D eigenvalue weighted by atomic mass is 19.1. The van der Waals surface area contributed by atoms with Crippen LogP contribution in [0.5, 0.6) is 0 Å². The molecule has 0 saturated heterocycles. The average molecular weight is 199 g/mol. The highest BCUT2D eigenvalue weighted by Gasteiger charge is 2.06. The Balaban J connectivity index is 2.53. The van der Waals surface area contributed by atoms with Crippen LogP contribution in [0.15, 0.2) is 12.4 Å². The van der Waals surface area contributed by atoms with Gasteiger partial charge >= 0.3 is 0 Å². The molecule has 0 aromatic carbocycles. The maximum absolute atomic E-state index is 12.5. The minimum atomic E-state index is -0.435. The molecule has 0 aliphatic carbocycles. The fourth-order valence-corrected chi connectivity index (χ4v) is 1.03. The van der Waals surface area contributed by atoms with Gasteiger partial charge in [-0.15, -0.1) is 0 Å². The van der Waals surface area contributed by atoms with E-state index in [1.807, 2.05) is 6.92 Å². The molecule has 1 rings (SSSR count). The van der Waals surface area contributed by atoms with Crippen LogP contribution in [0.1, 0.15) is 13.3 Å². The lowest BCUT2D eigenvalue weighted by molar-refractivity contribution is 0.184. The largest absolute Gasteiger partial charge is 0.383 e. The van der Waals surface area contributed by atoms with Crippen molar-refractivity contribution in [3.8, 4) is 0 Å². The molecule has 1 aromatic heterocycles. The molecule has 0 saturated carbocycles. The zero-order valence-corrected chi connectivity index (χ0v) is 8.33. The summed E-state index contributed by atoms with van der Waals surface area (Å²) in [6.07, 6.45) is 3.16. The van der Waals surface area contributed by atoms with Gasteiger partial charge in [-0.3, -0.25) is 0 Å². The fourth-order valence-electron chi connectivity index (χ4n) is 1.03. The molecule has 0 aliphatic heterocycles. The van der Waals surface area contributed by atoms with Gasteiger partial charge in [-0.2, -0.15) is 0 Å². The van der Waals surface area contributed by atoms with Crippen molar-refractivity contribution < 1.29 is 9.13 Å². The lowest BCUT2D eigenvalue weighted by Gasteiger charge is -2.15. The van der Waals surface area contributed by atoms with Crippen LogP contribution in [0, 0.1) is 5.82 Å². The second-order valence-corrected chi connectivity index (χ2v) is 2.93. The van der Waals surface area contributed by atoms with Crippen LogP contribution in [-0.4, -0.2) is 29.7 Å². The summed E-state index contributed by atoms with van der Waals surface area (Å²) in [5.74, 6) is -0.00867. The van der Waals surface area contributed by atoms with E-state index < -0.39 is 5.82 Å². The van der Waals surface area contributed by atoms with E-state index in [0.717, 1.165) is 18.8 Å². The highest BCUT2D eigenvalue weighted by Crippen LogP contribution is 2.03. The summed E-state index contributed by atoms with van der Waals surface area (Å²) in [5.41, 5.74) is 0. The second-order valence-electron chi connectivity index (χ2n) is 2.93. The third kappa shape index (κ3) is 3.26. The molecule has 1 atom stereocenters. The highest BCUT2D eigenvalue weighted by molar-refractivity contribution is 5.24. The van der Waals surface area contributed by atoms with Gasteiger partial charge in [0.1, 0.15) is 0 Å². The van der Waals surface area contributed by atoms with Gasteiger partial charge in [-0.1, -0.05) is 6.92 Å². The smallest absolute Gasteiger partial charge is 0.223 e. The van der Waals surface area contributed by atoms with Gasteiger partial charge in [0, 0.05) is 7.11 Å². The number of aromatic nitrogens is 2. The van der Waals surface area contributed by atoms with Crippen molar-refractivity contribution in [3.63, 3.8) is 0 Å². The topological polar surface area (TPSA) is 47.0 Å². The molecule has 1 heterocycles. The van der Waals surface area contributed by atoms with Crippen LogP contribution in [0.4, 0.5) is 10.3 Å². The molecule has 1 unspecified atom stereocenters. The van der Waals surface area contributed by atoms with Crippen molar-refractivity contribution in [2.45, 2.75) is 19.4 Å². The number of halogens is 1. The minimum Gasteiger partial charge on any atom is -0.383 e. The van der Waals surface area contributed by atoms with Gasteiger partial charge in [0.15, 0.2) is 5.82 Å². The van der Waals surface area contributed by atoms with E-state index in [1.165, 1.54) is 0 Å². The molecule has 0 fully saturated rings. The molecular formula is C9H14FN3O. The summed E-state index contributed by atoms with van der Waals surface area (Å²) in [7, 11) is 1.63. The zero-order valence-electron chi connectivity index (χ0n) is 8.33. The molecule has 78 valence electrons. The Hall–Kier alpha value is -1.23. The van der Waals surface area contributed by atoms with E-state index in [9.17, 15) is 4.39 Å². The zero-order chi connectivity index (χ0) is 10.4. The SMILES string of the molecule is CCC(COC)Nc1ncc(F)cn1. The summed E-state index contributed by atoms with van der Waals surface area (Å²) >= 11 is 0. The quantitative estimate of drug-likeness (QED) is 0.779. The van der Waals surface area contributed by atoms with E-state index in [1.54, 1.807) is 7.11 Å². The van der Waals surface area contributed by atoms with Crippen molar-refractivity contribution >= 4 is 5.95 Å². The van der Waals surface area contributed by atoms with Crippen molar-refractivity contribution in [1.82, 2.24) is 9.97 Å². The second kappa shape index (κ2) is 5.49. The number of hydrogen-bond donors (Lipinski definition) is 1. The molecule has 5 heteroatoms. The van der Waals surface area contributed by atoms with Gasteiger partial charge in [0.05, 0.1) is 25.0 Å². The van der Waals surface area contributed by atoms with Gasteiger partial charge < -0.3 is 10.1 Å². The molecule has 0 bridgehead atoms. The van der Waals surface area contributed by atoms with Crippen molar-refractivity contribution in [2.75, 3.05) is 19.0 Å². The van der Waals surface area contributed by atoms with Crippen molar-refractivity contribution in [1.29, 1.82) is 0 Å². The minimum absolute atomic E-state index is 0.158. The van der Waals surface area contributed by atoms with Crippen molar-refractivity contribution in [3.05, 3.63) is 18.2 Å². The lowest BCUT2D eigenvalue weighted by Crippen LogP contribution is -2.25. The first-order chi connectivity index (χ1) is 6.76. The third-order valence-corrected chi connectivity index (χ3v) is 1.81. The molecule has 0 aliphatic rings. The summed E-state index contributed by atoms with van der Waals surface area (Å²) in [4.78, 5) is 7.59. The first-order valence-electron chi connectivity index (χ1n) is 4.49. The number of nitrogens with zero attached hydrogens (tertiary/aromatic N) is 2. The number of nitrogens with one attached hydrogen (secondary N) is 1. The first kappa shape index (κ1) is 10.8. The summed E-state index contributed by atoms with van der Waals surface area (Å²) < 4.78 is 17.5. The predicted molar refractivity (Wildman–Crippen MR) is 51.6 cm³/mol. The Labute approximate surface area is 82.5 Å². The van der Waals surface area contributed by atoms with Crippen LogP contribution >= 0.6 is 0 Å². The molecule has 1 aromatic rings. The first-order valence-corrected chi connectivity index (χ1v) is 4.49. The Morgan fingerprint density at radius 1 is 1.50 bits per heavy atom. The average Bonchev–Trinajstić information content (AvgIpc) is 2.20. The number of methoxy groups -OCH3 is 1. The molecule has 0 amide bonds. The molecule has 0 radical (unpaired) electrons. The van der Waals surface area contributed by atoms with Crippen LogP contribution in [0.2, 0.25) is 0 Å². The normalized spacial score (nSPS) is 12.5. The van der Waals surface area contributed by atoms with Crippen LogP contribution in [0.25, 0.3) is 0 Å². The monoisotopic (exact) mass is 199 g/mol. The van der Waals surface area contributed by atoms with Crippen LogP contribution < -0.4 is 5.32 Å². The standard InChI is InChI=1S/C9H14FN3O/c1-3-8(6-14-2)13-9-11-4-7(10)5-12-9/h4-5,8H,3,6H2,1-2H3,(H,11,12,13). The van der Waals surface area contributed by atoms with Gasteiger partial charge in [-0.25, -0.2) is 14.4 Å². The fraction of sp³-hybridized carbons (Fsp3) is 0.556. The maximum Gasteiger partial charge on any atom is 0.223 e. The summed E-state index contributed by atoms with van der Waals surface area (Å²) in [6.45, 7) is 2.61. The number of anilines is 1. The van der Waals surface area contributed by atoms with Crippen LogP contribution in [-0.2, 0) is 4.74 Å². The van der Waals surface area contributed by atoms with E-state index in [4.69, 9.17) is 4.74 Å². The molecule has 14 heavy (non-hydrogen) atoms. The third-order valence-electron chi connectivity index (χ3n) is 1.81. The number of ether oxygens (including phenoxy) is 1. The van der Waals surface area contributed by atoms with E-state index >= 15 is 0 Å². The van der Waals surface area contributed by atoms with E-state index in [-0.39, 0.29) is 6.04 Å². The lowest BCUT2D eigenvalue weighted by atomic mass is 10.2. The van der Waals surface area contributed by atoms with E-state index in [2.05, 4.69) is 15.3 Å². The van der Waals surface area contributed by atoms with Crippen LogP contribution in [0.3, 0.4) is 0 Å². The molecule has 1 N–H and O–H groups in total. The Morgan fingerprint density at radius 3 is 2.64 bits per heavy atom. The molecular weight excluding hydrogens is 185 g/mol.